The molecule has 0 aromatic rings. The van der Waals surface area contributed by atoms with E-state index >= 15 is 0 Å². The zero-order valence-corrected chi connectivity index (χ0v) is 15.2. The Morgan fingerprint density at radius 2 is 1.55 bits per heavy atom. The quantitative estimate of drug-likeness (QED) is 0.479. The summed E-state index contributed by atoms with van der Waals surface area (Å²) in [6, 6.07) is 0. The summed E-state index contributed by atoms with van der Waals surface area (Å²) in [4.78, 5) is 5.43. The summed E-state index contributed by atoms with van der Waals surface area (Å²) >= 11 is 0. The van der Waals surface area contributed by atoms with E-state index in [9.17, 15) is 0 Å². The van der Waals surface area contributed by atoms with E-state index in [4.69, 9.17) is 0 Å². The van der Waals surface area contributed by atoms with Gasteiger partial charge in [0.15, 0.2) is 0 Å². The summed E-state index contributed by atoms with van der Waals surface area (Å²) in [5.74, 6) is 1.74. The minimum absolute atomic E-state index is 0.793. The van der Waals surface area contributed by atoms with Crippen LogP contribution < -0.4 is 0 Å². The molecule has 0 unspecified atom stereocenters. The first-order chi connectivity index (χ1) is 10.7. The van der Waals surface area contributed by atoms with E-state index in [1.807, 2.05) is 0 Å². The maximum atomic E-state index is 4.14. The summed E-state index contributed by atoms with van der Waals surface area (Å²) in [6.07, 6.45) is 11.1. The third-order valence-electron chi connectivity index (χ3n) is 5.84. The van der Waals surface area contributed by atoms with Crippen molar-refractivity contribution in [3.05, 3.63) is 12.2 Å². The van der Waals surface area contributed by atoms with Crippen LogP contribution in [0.1, 0.15) is 65.2 Å². The van der Waals surface area contributed by atoms with E-state index < -0.39 is 0 Å². The number of nitrogens with zero attached hydrogens (tertiary/aromatic N) is 2. The van der Waals surface area contributed by atoms with Crippen molar-refractivity contribution in [2.75, 3.05) is 39.3 Å². The molecule has 0 bridgehead atoms. The highest BCUT2D eigenvalue weighted by molar-refractivity contribution is 4.98. The average molecular weight is 307 g/mol. The highest BCUT2D eigenvalue weighted by atomic mass is 15.1. The minimum Gasteiger partial charge on any atom is -0.303 e. The van der Waals surface area contributed by atoms with Crippen LogP contribution in [0.4, 0.5) is 0 Å². The lowest BCUT2D eigenvalue weighted by molar-refractivity contribution is 0.122. The van der Waals surface area contributed by atoms with Gasteiger partial charge in [0.2, 0.25) is 0 Å². The second kappa shape index (κ2) is 9.72. The zero-order chi connectivity index (χ0) is 15.8. The zero-order valence-electron chi connectivity index (χ0n) is 15.2. The molecule has 2 rings (SSSR count). The SMILES string of the molecule is C=C(C)C1CCN(CC2CCN(CCCCCC)CC2)CC1. The molecular formula is C20H38N2. The minimum atomic E-state index is 0.793. The van der Waals surface area contributed by atoms with Crippen molar-refractivity contribution in [2.45, 2.75) is 65.2 Å². The Balaban J connectivity index is 1.57. The number of likely N-dealkylation sites (tertiary alicyclic amines) is 2. The topological polar surface area (TPSA) is 6.48 Å². The van der Waals surface area contributed by atoms with Gasteiger partial charge in [-0.15, -0.1) is 0 Å². The molecule has 0 saturated carbocycles. The molecule has 2 heterocycles. The Morgan fingerprint density at radius 1 is 0.909 bits per heavy atom. The molecule has 2 heteroatoms. The fourth-order valence-electron chi connectivity index (χ4n) is 4.13. The molecule has 0 atom stereocenters. The third-order valence-corrected chi connectivity index (χ3v) is 5.84. The lowest BCUT2D eigenvalue weighted by atomic mass is 9.89. The van der Waals surface area contributed by atoms with Crippen molar-refractivity contribution in [1.82, 2.24) is 9.80 Å². The van der Waals surface area contributed by atoms with E-state index in [0.717, 1.165) is 11.8 Å². The van der Waals surface area contributed by atoms with Gasteiger partial charge in [-0.2, -0.15) is 0 Å². The number of hydrogen-bond donors (Lipinski definition) is 0. The van der Waals surface area contributed by atoms with Crippen LogP contribution in [-0.4, -0.2) is 49.1 Å². The van der Waals surface area contributed by atoms with Crippen molar-refractivity contribution >= 4 is 0 Å². The maximum absolute atomic E-state index is 4.14. The molecule has 0 aromatic heterocycles. The molecule has 128 valence electrons. The van der Waals surface area contributed by atoms with Crippen LogP contribution in [0.25, 0.3) is 0 Å². The first-order valence-corrected chi connectivity index (χ1v) is 9.79. The number of piperidine rings is 2. The van der Waals surface area contributed by atoms with E-state index in [2.05, 4.69) is 30.2 Å². The first kappa shape index (κ1) is 18.0. The lowest BCUT2D eigenvalue weighted by Gasteiger charge is -2.38. The normalized spacial score (nSPS) is 23.0. The summed E-state index contributed by atoms with van der Waals surface area (Å²) < 4.78 is 0. The molecule has 0 aromatic carbocycles. The predicted molar refractivity (Wildman–Crippen MR) is 97.3 cm³/mol. The third kappa shape index (κ3) is 6.04. The van der Waals surface area contributed by atoms with E-state index in [-0.39, 0.29) is 0 Å². The van der Waals surface area contributed by atoms with Crippen molar-refractivity contribution in [2.24, 2.45) is 11.8 Å². The number of unbranched alkanes of at least 4 members (excludes halogenated alkanes) is 3. The summed E-state index contributed by atoms with van der Waals surface area (Å²) in [5, 5.41) is 0. The van der Waals surface area contributed by atoms with Crippen LogP contribution in [0, 0.1) is 11.8 Å². The molecule has 2 nitrogen and oxygen atoms in total. The Labute approximate surface area is 138 Å². The molecule has 0 aliphatic carbocycles. The van der Waals surface area contributed by atoms with Crippen molar-refractivity contribution in [3.8, 4) is 0 Å². The molecule has 0 amide bonds. The van der Waals surface area contributed by atoms with Gasteiger partial charge in [0.25, 0.3) is 0 Å². The molecule has 2 fully saturated rings. The van der Waals surface area contributed by atoms with Crippen molar-refractivity contribution < 1.29 is 0 Å². The molecule has 0 spiro atoms. The fourth-order valence-corrected chi connectivity index (χ4v) is 4.13. The molecule has 2 aliphatic rings. The standard InChI is InChI=1S/C20H38N2/c1-4-5-6-7-12-21-13-8-19(9-14-21)17-22-15-10-20(11-16-22)18(2)3/h19-20H,2,4-17H2,1,3H3. The Kier molecular flexibility index (Phi) is 7.96. The number of rotatable bonds is 8. The van der Waals surface area contributed by atoms with Gasteiger partial charge in [0, 0.05) is 6.54 Å². The molecular weight excluding hydrogens is 268 g/mol. The predicted octanol–water partition coefficient (Wildman–Crippen LogP) is 4.57. The number of allylic oxidation sites excluding steroid dienone is 1. The fraction of sp³-hybridized carbons (Fsp3) is 0.900. The van der Waals surface area contributed by atoms with Gasteiger partial charge in [-0.1, -0.05) is 38.3 Å². The highest BCUT2D eigenvalue weighted by Gasteiger charge is 2.24. The smallest absolute Gasteiger partial charge is 0.00106 e. The monoisotopic (exact) mass is 306 g/mol. The second-order valence-electron chi connectivity index (χ2n) is 7.77. The number of hydrogen-bond acceptors (Lipinski definition) is 2. The van der Waals surface area contributed by atoms with E-state index in [1.54, 1.807) is 0 Å². The van der Waals surface area contributed by atoms with Gasteiger partial charge in [0.1, 0.15) is 0 Å². The Morgan fingerprint density at radius 3 is 2.14 bits per heavy atom. The largest absolute Gasteiger partial charge is 0.303 e. The van der Waals surface area contributed by atoms with Gasteiger partial charge in [-0.3, -0.25) is 0 Å². The molecule has 2 aliphatic heterocycles. The molecule has 0 N–H and O–H groups in total. The Bertz CT molecular complexity index is 310. The second-order valence-corrected chi connectivity index (χ2v) is 7.77. The van der Waals surface area contributed by atoms with Crippen LogP contribution >= 0.6 is 0 Å². The summed E-state index contributed by atoms with van der Waals surface area (Å²) in [5.41, 5.74) is 1.40. The molecule has 22 heavy (non-hydrogen) atoms. The average Bonchev–Trinajstić information content (AvgIpc) is 2.54. The lowest BCUT2D eigenvalue weighted by Crippen LogP contribution is -2.41. The molecule has 0 radical (unpaired) electrons. The van der Waals surface area contributed by atoms with Crippen molar-refractivity contribution in [3.63, 3.8) is 0 Å². The van der Waals surface area contributed by atoms with Crippen molar-refractivity contribution in [1.29, 1.82) is 0 Å². The van der Waals surface area contributed by atoms with Gasteiger partial charge in [0.05, 0.1) is 0 Å². The van der Waals surface area contributed by atoms with Gasteiger partial charge >= 0.3 is 0 Å². The Hall–Kier alpha value is -0.340. The van der Waals surface area contributed by atoms with E-state index in [1.165, 1.54) is 96.2 Å². The van der Waals surface area contributed by atoms with Gasteiger partial charge in [-0.25, -0.2) is 0 Å². The van der Waals surface area contributed by atoms with Gasteiger partial charge in [-0.05, 0) is 83.6 Å². The van der Waals surface area contributed by atoms with Crippen LogP contribution in [-0.2, 0) is 0 Å². The van der Waals surface area contributed by atoms with Crippen LogP contribution in [0.3, 0.4) is 0 Å². The maximum Gasteiger partial charge on any atom is 0.00106 e. The van der Waals surface area contributed by atoms with Crippen LogP contribution in [0.5, 0.6) is 0 Å². The first-order valence-electron chi connectivity index (χ1n) is 9.79. The highest BCUT2D eigenvalue weighted by Crippen LogP contribution is 2.25. The van der Waals surface area contributed by atoms with E-state index in [0.29, 0.717) is 0 Å². The van der Waals surface area contributed by atoms with Crippen LogP contribution in [0.15, 0.2) is 12.2 Å². The summed E-state index contributed by atoms with van der Waals surface area (Å²) in [7, 11) is 0. The molecule has 2 saturated heterocycles. The van der Waals surface area contributed by atoms with Crippen LogP contribution in [0.2, 0.25) is 0 Å². The van der Waals surface area contributed by atoms with Gasteiger partial charge < -0.3 is 9.80 Å². The summed E-state index contributed by atoms with van der Waals surface area (Å²) in [6.45, 7) is 16.6.